The third kappa shape index (κ3) is 4.16. The van der Waals surface area contributed by atoms with E-state index in [2.05, 4.69) is 5.32 Å². The number of benzene rings is 1. The normalized spacial score (nSPS) is 20.1. The molecule has 128 valence electrons. The summed E-state index contributed by atoms with van der Waals surface area (Å²) >= 11 is 0. The van der Waals surface area contributed by atoms with Crippen molar-refractivity contribution >= 4 is 17.7 Å². The van der Waals surface area contributed by atoms with Crippen molar-refractivity contribution in [3.05, 3.63) is 23.8 Å². The third-order valence-corrected chi connectivity index (χ3v) is 3.95. The maximum Gasteiger partial charge on any atom is 0.321 e. The van der Waals surface area contributed by atoms with Gasteiger partial charge in [0.05, 0.1) is 29.8 Å². The Morgan fingerprint density at radius 1 is 1.46 bits per heavy atom. The van der Waals surface area contributed by atoms with Gasteiger partial charge in [-0.3, -0.25) is 4.79 Å². The Labute approximate surface area is 140 Å². The molecule has 1 aliphatic rings. The van der Waals surface area contributed by atoms with Gasteiger partial charge in [-0.25, -0.2) is 4.79 Å². The van der Waals surface area contributed by atoms with Gasteiger partial charge in [-0.2, -0.15) is 5.26 Å². The van der Waals surface area contributed by atoms with E-state index in [-0.39, 0.29) is 18.5 Å². The van der Waals surface area contributed by atoms with E-state index in [1.165, 1.54) is 4.90 Å². The van der Waals surface area contributed by atoms with Crippen LogP contribution < -0.4 is 10.1 Å². The molecule has 1 saturated heterocycles. The summed E-state index contributed by atoms with van der Waals surface area (Å²) in [5, 5.41) is 21.0. The summed E-state index contributed by atoms with van der Waals surface area (Å²) in [6, 6.07) is 6.43. The summed E-state index contributed by atoms with van der Waals surface area (Å²) < 4.78 is 5.47. The number of nitrogens with zero attached hydrogens (tertiary/aromatic N) is 2. The van der Waals surface area contributed by atoms with Crippen LogP contribution in [0.1, 0.15) is 25.8 Å². The van der Waals surface area contributed by atoms with E-state index >= 15 is 0 Å². The number of ether oxygens (including phenoxy) is 1. The minimum absolute atomic E-state index is 0.113. The Bertz CT molecular complexity index is 668. The van der Waals surface area contributed by atoms with E-state index in [9.17, 15) is 14.7 Å². The molecule has 1 heterocycles. The van der Waals surface area contributed by atoms with Crippen LogP contribution in [-0.2, 0) is 4.79 Å². The second-order valence-electron chi connectivity index (χ2n) is 5.97. The van der Waals surface area contributed by atoms with E-state index in [0.29, 0.717) is 36.6 Å². The number of aliphatic carboxylic acids is 1. The van der Waals surface area contributed by atoms with E-state index < -0.39 is 11.9 Å². The number of likely N-dealkylation sites (tertiary alicyclic amines) is 1. The second-order valence-corrected chi connectivity index (χ2v) is 5.97. The van der Waals surface area contributed by atoms with Crippen LogP contribution in [0.3, 0.4) is 0 Å². The highest BCUT2D eigenvalue weighted by atomic mass is 16.5. The number of carbonyl (C=O) groups excluding carboxylic acids is 1. The highest BCUT2D eigenvalue weighted by Crippen LogP contribution is 2.27. The molecule has 1 aliphatic heterocycles. The number of carbonyl (C=O) groups is 2. The molecule has 1 aromatic carbocycles. The quantitative estimate of drug-likeness (QED) is 0.882. The number of carboxylic acids is 1. The monoisotopic (exact) mass is 331 g/mol. The third-order valence-electron chi connectivity index (χ3n) is 3.95. The zero-order chi connectivity index (χ0) is 17.7. The maximum absolute atomic E-state index is 12.5. The van der Waals surface area contributed by atoms with Gasteiger partial charge in [0.1, 0.15) is 5.75 Å². The van der Waals surface area contributed by atoms with Crippen molar-refractivity contribution < 1.29 is 19.4 Å². The minimum atomic E-state index is -0.888. The Balaban J connectivity index is 2.16. The number of urea groups is 1. The molecule has 2 amide bonds. The van der Waals surface area contributed by atoms with Crippen LogP contribution in [0.25, 0.3) is 0 Å². The van der Waals surface area contributed by atoms with Crippen molar-refractivity contribution in [2.75, 3.05) is 25.0 Å². The first-order valence-corrected chi connectivity index (χ1v) is 7.90. The van der Waals surface area contributed by atoms with Crippen LogP contribution in [0, 0.1) is 23.2 Å². The van der Waals surface area contributed by atoms with Crippen molar-refractivity contribution in [3.63, 3.8) is 0 Å². The number of hydrogen-bond donors (Lipinski definition) is 2. The molecule has 2 atom stereocenters. The van der Waals surface area contributed by atoms with Gasteiger partial charge in [0.2, 0.25) is 0 Å². The largest absolute Gasteiger partial charge is 0.492 e. The Morgan fingerprint density at radius 2 is 2.21 bits per heavy atom. The van der Waals surface area contributed by atoms with Crippen molar-refractivity contribution in [2.24, 2.45) is 11.8 Å². The van der Waals surface area contributed by atoms with Crippen LogP contribution >= 0.6 is 0 Å². The van der Waals surface area contributed by atoms with Crippen molar-refractivity contribution in [1.82, 2.24) is 4.90 Å². The SMILES string of the molecule is CCOc1ccc(C#N)cc1NC(=O)N1CC(C)CC(C(=O)O)C1. The van der Waals surface area contributed by atoms with Gasteiger partial charge >= 0.3 is 12.0 Å². The molecule has 0 saturated carbocycles. The lowest BCUT2D eigenvalue weighted by molar-refractivity contribution is -0.143. The lowest BCUT2D eigenvalue weighted by Gasteiger charge is -2.34. The number of nitrogens with one attached hydrogen (secondary N) is 1. The standard InChI is InChI=1S/C17H21N3O4/c1-3-24-15-5-4-12(8-18)7-14(15)19-17(23)20-9-11(2)6-13(10-20)16(21)22/h4-5,7,11,13H,3,6,9-10H2,1-2H3,(H,19,23)(H,21,22). The van der Waals surface area contributed by atoms with Crippen molar-refractivity contribution in [1.29, 1.82) is 5.26 Å². The number of nitriles is 1. The first-order valence-electron chi connectivity index (χ1n) is 7.90. The smallest absolute Gasteiger partial charge is 0.321 e. The van der Waals surface area contributed by atoms with Gasteiger partial charge in [-0.15, -0.1) is 0 Å². The molecular formula is C17H21N3O4. The lowest BCUT2D eigenvalue weighted by atomic mass is 9.91. The molecule has 0 spiro atoms. The van der Waals surface area contributed by atoms with Gasteiger partial charge in [0, 0.05) is 13.1 Å². The zero-order valence-electron chi connectivity index (χ0n) is 13.8. The number of amides is 2. The molecule has 1 fully saturated rings. The van der Waals surface area contributed by atoms with Crippen LogP contribution in [-0.4, -0.2) is 41.7 Å². The summed E-state index contributed by atoms with van der Waals surface area (Å²) in [5.74, 6) is -0.857. The Kier molecular flexibility index (Phi) is 5.64. The zero-order valence-corrected chi connectivity index (χ0v) is 13.8. The first-order chi connectivity index (χ1) is 11.4. The highest BCUT2D eigenvalue weighted by Gasteiger charge is 2.32. The van der Waals surface area contributed by atoms with Crippen molar-refractivity contribution in [2.45, 2.75) is 20.3 Å². The van der Waals surface area contributed by atoms with E-state index in [0.717, 1.165) is 0 Å². The fraction of sp³-hybridized carbons (Fsp3) is 0.471. The highest BCUT2D eigenvalue weighted by molar-refractivity contribution is 5.91. The lowest BCUT2D eigenvalue weighted by Crippen LogP contribution is -2.47. The molecule has 2 unspecified atom stereocenters. The van der Waals surface area contributed by atoms with Gasteiger partial charge in [0.15, 0.2) is 0 Å². The molecular weight excluding hydrogens is 310 g/mol. The average molecular weight is 331 g/mol. The van der Waals surface area contributed by atoms with E-state index in [1.807, 2.05) is 19.9 Å². The average Bonchev–Trinajstić information content (AvgIpc) is 2.55. The molecule has 24 heavy (non-hydrogen) atoms. The predicted octanol–water partition coefficient (Wildman–Crippen LogP) is 2.53. The molecule has 2 N–H and O–H groups in total. The van der Waals surface area contributed by atoms with Gasteiger partial charge in [-0.1, -0.05) is 6.92 Å². The minimum Gasteiger partial charge on any atom is -0.492 e. The molecule has 1 aromatic rings. The molecule has 0 bridgehead atoms. The maximum atomic E-state index is 12.5. The Morgan fingerprint density at radius 3 is 2.83 bits per heavy atom. The van der Waals surface area contributed by atoms with Crippen LogP contribution in [0.5, 0.6) is 5.75 Å². The van der Waals surface area contributed by atoms with Crippen LogP contribution in [0.2, 0.25) is 0 Å². The van der Waals surface area contributed by atoms with Crippen molar-refractivity contribution in [3.8, 4) is 11.8 Å². The van der Waals surface area contributed by atoms with E-state index in [1.54, 1.807) is 18.2 Å². The molecule has 0 aromatic heterocycles. The molecule has 7 heteroatoms. The topological polar surface area (TPSA) is 103 Å². The summed E-state index contributed by atoms with van der Waals surface area (Å²) in [5.41, 5.74) is 0.815. The fourth-order valence-corrected chi connectivity index (χ4v) is 2.87. The second kappa shape index (κ2) is 7.68. The van der Waals surface area contributed by atoms with Gasteiger partial charge < -0.3 is 20.1 Å². The van der Waals surface area contributed by atoms with E-state index in [4.69, 9.17) is 10.00 Å². The molecule has 0 radical (unpaired) electrons. The summed E-state index contributed by atoms with van der Waals surface area (Å²) in [4.78, 5) is 25.3. The summed E-state index contributed by atoms with van der Waals surface area (Å²) in [6.07, 6.45) is 0.563. The molecule has 2 rings (SSSR count). The number of carboxylic acid groups (broad SMARTS) is 1. The summed E-state index contributed by atoms with van der Waals surface area (Å²) in [6.45, 7) is 4.85. The van der Waals surface area contributed by atoms with Gasteiger partial charge in [-0.05, 0) is 37.5 Å². The van der Waals surface area contributed by atoms with Crippen LogP contribution in [0.4, 0.5) is 10.5 Å². The molecule has 0 aliphatic carbocycles. The van der Waals surface area contributed by atoms with Gasteiger partial charge in [0.25, 0.3) is 0 Å². The Hall–Kier alpha value is -2.75. The fourth-order valence-electron chi connectivity index (χ4n) is 2.87. The predicted molar refractivity (Wildman–Crippen MR) is 87.8 cm³/mol. The number of piperidine rings is 1. The number of anilines is 1. The molecule has 7 nitrogen and oxygen atoms in total. The summed E-state index contributed by atoms with van der Waals surface area (Å²) in [7, 11) is 0. The number of rotatable bonds is 4. The van der Waals surface area contributed by atoms with Crippen LogP contribution in [0.15, 0.2) is 18.2 Å². The number of hydrogen-bond acceptors (Lipinski definition) is 4. The first kappa shape index (κ1) is 17.6.